The maximum Gasteiger partial charge on any atom is 0.240 e. The van der Waals surface area contributed by atoms with Gasteiger partial charge in [0.15, 0.2) is 11.5 Å². The summed E-state index contributed by atoms with van der Waals surface area (Å²) in [5.74, 6) is 0.269. The molecule has 0 saturated carbocycles. The predicted molar refractivity (Wildman–Crippen MR) is 102 cm³/mol. The minimum absolute atomic E-state index is 0.00452. The lowest BCUT2D eigenvalue weighted by atomic mass is 10.1. The Labute approximate surface area is 159 Å². The third kappa shape index (κ3) is 5.70. The second-order valence-electron chi connectivity index (χ2n) is 6.17. The molecule has 0 heterocycles. The Morgan fingerprint density at radius 3 is 2.37 bits per heavy atom. The highest BCUT2D eigenvalue weighted by molar-refractivity contribution is 7.89. The Hall–Kier alpha value is -2.58. The molecule has 2 rings (SSSR count). The smallest absolute Gasteiger partial charge is 0.240 e. The number of aromatic hydroxyl groups is 1. The van der Waals surface area contributed by atoms with E-state index in [1.165, 1.54) is 20.1 Å². The normalized spacial score (nSPS) is 11.2. The van der Waals surface area contributed by atoms with Crippen LogP contribution in [0.15, 0.2) is 47.4 Å². The van der Waals surface area contributed by atoms with Crippen LogP contribution in [0.25, 0.3) is 0 Å². The number of hydrogen-bond donors (Lipinski definition) is 2. The summed E-state index contributed by atoms with van der Waals surface area (Å²) in [6, 6.07) is 11.2. The highest BCUT2D eigenvalue weighted by Gasteiger charge is 2.14. The molecule has 146 valence electrons. The Bertz CT molecular complexity index is 895. The predicted octanol–water partition coefficient (Wildman–Crippen LogP) is 1.90. The second-order valence-corrected chi connectivity index (χ2v) is 7.93. The van der Waals surface area contributed by atoms with Crippen LogP contribution in [0, 0.1) is 0 Å². The number of rotatable bonds is 8. The third-order valence-electron chi connectivity index (χ3n) is 4.22. The number of amides is 1. The van der Waals surface area contributed by atoms with Gasteiger partial charge >= 0.3 is 0 Å². The van der Waals surface area contributed by atoms with Gasteiger partial charge in [0, 0.05) is 27.1 Å². The lowest BCUT2D eigenvalue weighted by Crippen LogP contribution is -2.26. The largest absolute Gasteiger partial charge is 0.504 e. The molecule has 0 atom stereocenters. The van der Waals surface area contributed by atoms with Crippen LogP contribution in [0.5, 0.6) is 11.5 Å². The lowest BCUT2D eigenvalue weighted by molar-refractivity contribution is -0.127. The van der Waals surface area contributed by atoms with Gasteiger partial charge in [-0.3, -0.25) is 4.79 Å². The van der Waals surface area contributed by atoms with E-state index in [0.717, 1.165) is 5.56 Å². The van der Waals surface area contributed by atoms with Crippen molar-refractivity contribution in [1.29, 1.82) is 0 Å². The van der Waals surface area contributed by atoms with Gasteiger partial charge in [-0.2, -0.15) is 0 Å². The number of carbonyl (C=O) groups excluding carboxylic acids is 1. The van der Waals surface area contributed by atoms with Crippen molar-refractivity contribution >= 4 is 15.9 Å². The Morgan fingerprint density at radius 2 is 1.78 bits per heavy atom. The molecule has 0 unspecified atom stereocenters. The van der Waals surface area contributed by atoms with Gasteiger partial charge in [-0.05, 0) is 41.8 Å². The first-order valence-corrected chi connectivity index (χ1v) is 9.87. The van der Waals surface area contributed by atoms with E-state index in [2.05, 4.69) is 4.72 Å². The number of hydrogen-bond acceptors (Lipinski definition) is 5. The van der Waals surface area contributed by atoms with Gasteiger partial charge in [-0.25, -0.2) is 13.1 Å². The zero-order valence-electron chi connectivity index (χ0n) is 15.6. The molecule has 2 aromatic rings. The zero-order chi connectivity index (χ0) is 20.0. The minimum Gasteiger partial charge on any atom is -0.504 e. The molecule has 0 bridgehead atoms. The van der Waals surface area contributed by atoms with Crippen molar-refractivity contribution in [1.82, 2.24) is 9.62 Å². The number of phenols is 1. The van der Waals surface area contributed by atoms with Crippen molar-refractivity contribution in [3.05, 3.63) is 53.6 Å². The summed E-state index contributed by atoms with van der Waals surface area (Å²) < 4.78 is 32.4. The molecule has 27 heavy (non-hydrogen) atoms. The van der Waals surface area contributed by atoms with Gasteiger partial charge in [-0.1, -0.05) is 18.2 Å². The second kappa shape index (κ2) is 8.88. The molecule has 0 aromatic heterocycles. The molecule has 0 saturated heterocycles. The summed E-state index contributed by atoms with van der Waals surface area (Å²) in [5, 5.41) is 9.59. The first kappa shape index (κ1) is 20.7. The summed E-state index contributed by atoms with van der Waals surface area (Å²) in [7, 11) is -0.513. The molecule has 7 nitrogen and oxygen atoms in total. The van der Waals surface area contributed by atoms with Gasteiger partial charge in [-0.15, -0.1) is 0 Å². The number of ether oxygens (including phenoxy) is 1. The number of benzene rings is 2. The van der Waals surface area contributed by atoms with E-state index < -0.39 is 10.0 Å². The average molecular weight is 392 g/mol. The zero-order valence-corrected chi connectivity index (χ0v) is 16.4. The monoisotopic (exact) mass is 392 g/mol. The molecule has 0 fully saturated rings. The van der Waals surface area contributed by atoms with E-state index >= 15 is 0 Å². The van der Waals surface area contributed by atoms with E-state index in [1.54, 1.807) is 48.3 Å². The van der Waals surface area contributed by atoms with Gasteiger partial charge in [0.25, 0.3) is 0 Å². The van der Waals surface area contributed by atoms with E-state index in [4.69, 9.17) is 4.74 Å². The average Bonchev–Trinajstić information content (AvgIpc) is 2.65. The molecule has 0 aliphatic carbocycles. The van der Waals surface area contributed by atoms with Crippen molar-refractivity contribution in [3.8, 4) is 11.5 Å². The summed E-state index contributed by atoms with van der Waals surface area (Å²) in [6.45, 7) is 2.15. The number of sulfonamides is 1. The molecule has 8 heteroatoms. The number of nitrogens with one attached hydrogen (secondary N) is 1. The topological polar surface area (TPSA) is 95.9 Å². The molecular weight excluding hydrogens is 368 g/mol. The van der Waals surface area contributed by atoms with E-state index in [-0.39, 0.29) is 28.8 Å². The highest BCUT2D eigenvalue weighted by Crippen LogP contribution is 2.26. The van der Waals surface area contributed by atoms with Gasteiger partial charge < -0.3 is 14.7 Å². The van der Waals surface area contributed by atoms with Gasteiger partial charge in [0.1, 0.15) is 0 Å². The molecule has 0 radical (unpaired) electrons. The third-order valence-corrected chi connectivity index (χ3v) is 5.63. The molecule has 2 aromatic carbocycles. The SMILES string of the molecule is COc1cc(CNS(=O)(=O)c2ccc(CCN(C)C(C)=O)cc2)ccc1O. The van der Waals surface area contributed by atoms with Crippen LogP contribution in [0.2, 0.25) is 0 Å². The quantitative estimate of drug-likeness (QED) is 0.715. The van der Waals surface area contributed by atoms with Crippen molar-refractivity contribution in [3.63, 3.8) is 0 Å². The van der Waals surface area contributed by atoms with Gasteiger partial charge in [0.05, 0.1) is 12.0 Å². The van der Waals surface area contributed by atoms with Crippen LogP contribution in [-0.2, 0) is 27.8 Å². The number of methoxy groups -OCH3 is 1. The molecule has 0 spiro atoms. The standard InChI is InChI=1S/C19H24N2O5S/c1-14(22)21(2)11-10-15-4-7-17(8-5-15)27(24,25)20-13-16-6-9-18(23)19(12-16)26-3/h4-9,12,20,23H,10-11,13H2,1-3H3. The van der Waals surface area contributed by atoms with E-state index in [0.29, 0.717) is 18.5 Å². The number of phenolic OH excluding ortho intramolecular Hbond substituents is 1. The van der Waals surface area contributed by atoms with E-state index in [1.807, 2.05) is 0 Å². The molecular formula is C19H24N2O5S. The van der Waals surface area contributed by atoms with Crippen LogP contribution in [0.4, 0.5) is 0 Å². The fourth-order valence-corrected chi connectivity index (χ4v) is 3.40. The van der Waals surface area contributed by atoms with Crippen molar-refractivity contribution in [2.24, 2.45) is 0 Å². The fourth-order valence-electron chi connectivity index (χ4n) is 2.38. The van der Waals surface area contributed by atoms with Crippen LogP contribution >= 0.6 is 0 Å². The Balaban J connectivity index is 2.01. The molecule has 0 aliphatic rings. The first-order valence-electron chi connectivity index (χ1n) is 8.39. The van der Waals surface area contributed by atoms with Crippen LogP contribution in [0.3, 0.4) is 0 Å². The highest BCUT2D eigenvalue weighted by atomic mass is 32.2. The number of likely N-dealkylation sites (N-methyl/N-ethyl adjacent to an activating group) is 1. The molecule has 1 amide bonds. The summed E-state index contributed by atoms with van der Waals surface area (Å²) in [5.41, 5.74) is 1.61. The summed E-state index contributed by atoms with van der Waals surface area (Å²) >= 11 is 0. The van der Waals surface area contributed by atoms with Crippen molar-refractivity contribution in [2.45, 2.75) is 24.8 Å². The maximum atomic E-state index is 12.4. The maximum absolute atomic E-state index is 12.4. The van der Waals surface area contributed by atoms with E-state index in [9.17, 15) is 18.3 Å². The molecule has 0 aliphatic heterocycles. The molecule has 2 N–H and O–H groups in total. The van der Waals surface area contributed by atoms with Crippen molar-refractivity contribution < 1.29 is 23.1 Å². The Kier molecular flexibility index (Phi) is 6.81. The Morgan fingerprint density at radius 1 is 1.15 bits per heavy atom. The van der Waals surface area contributed by atoms with Gasteiger partial charge in [0.2, 0.25) is 15.9 Å². The lowest BCUT2D eigenvalue weighted by Gasteiger charge is -2.14. The summed E-state index contributed by atoms with van der Waals surface area (Å²) in [4.78, 5) is 13.0. The van der Waals surface area contributed by atoms with Crippen molar-refractivity contribution in [2.75, 3.05) is 20.7 Å². The van der Waals surface area contributed by atoms with Crippen LogP contribution in [-0.4, -0.2) is 45.0 Å². The fraction of sp³-hybridized carbons (Fsp3) is 0.316. The minimum atomic E-state index is -3.67. The summed E-state index contributed by atoms with van der Waals surface area (Å²) in [6.07, 6.45) is 0.650. The van der Waals surface area contributed by atoms with Crippen LogP contribution < -0.4 is 9.46 Å². The first-order chi connectivity index (χ1) is 12.7. The number of carbonyl (C=O) groups is 1. The number of nitrogens with zero attached hydrogens (tertiary/aromatic N) is 1. The van der Waals surface area contributed by atoms with Crippen LogP contribution in [0.1, 0.15) is 18.1 Å².